The van der Waals surface area contributed by atoms with Crippen LogP contribution in [-0.4, -0.2) is 18.5 Å². The van der Waals surface area contributed by atoms with Crippen molar-refractivity contribution in [2.75, 3.05) is 6.54 Å². The van der Waals surface area contributed by atoms with Crippen molar-refractivity contribution in [2.24, 2.45) is 17.6 Å². The summed E-state index contributed by atoms with van der Waals surface area (Å²) in [6, 6.07) is 0.252. The molecule has 1 aliphatic rings. The highest BCUT2D eigenvalue weighted by Gasteiger charge is 2.22. The van der Waals surface area contributed by atoms with E-state index < -0.39 is 0 Å². The third kappa shape index (κ3) is 4.20. The molecular formula is C12H24N2O. The van der Waals surface area contributed by atoms with Gasteiger partial charge in [-0.3, -0.25) is 4.79 Å². The van der Waals surface area contributed by atoms with Crippen LogP contribution in [0.3, 0.4) is 0 Å². The first-order valence-corrected chi connectivity index (χ1v) is 6.13. The van der Waals surface area contributed by atoms with E-state index in [1.807, 2.05) is 0 Å². The molecule has 0 aliphatic heterocycles. The lowest BCUT2D eigenvalue weighted by Crippen LogP contribution is -2.41. The number of nitrogens with one attached hydrogen (secondary N) is 1. The number of carbonyl (C=O) groups is 1. The van der Waals surface area contributed by atoms with E-state index in [2.05, 4.69) is 19.2 Å². The zero-order valence-electron chi connectivity index (χ0n) is 9.96. The van der Waals surface area contributed by atoms with E-state index in [0.717, 1.165) is 6.42 Å². The second kappa shape index (κ2) is 6.11. The second-order valence-corrected chi connectivity index (χ2v) is 5.00. The molecule has 3 heteroatoms. The maximum absolute atomic E-state index is 11.7. The molecule has 0 radical (unpaired) electrons. The molecule has 0 heterocycles. The van der Waals surface area contributed by atoms with E-state index in [4.69, 9.17) is 5.73 Å². The van der Waals surface area contributed by atoms with Gasteiger partial charge in [-0.2, -0.15) is 0 Å². The zero-order valence-corrected chi connectivity index (χ0v) is 9.96. The molecule has 1 fully saturated rings. The summed E-state index contributed by atoms with van der Waals surface area (Å²) in [5.74, 6) is 1.33. The Balaban J connectivity index is 2.25. The van der Waals surface area contributed by atoms with Crippen LogP contribution in [0.1, 0.15) is 46.0 Å². The average molecular weight is 212 g/mol. The predicted molar refractivity (Wildman–Crippen MR) is 62.4 cm³/mol. The lowest BCUT2D eigenvalue weighted by atomic mass is 9.82. The fourth-order valence-corrected chi connectivity index (χ4v) is 1.98. The molecule has 0 aromatic carbocycles. The van der Waals surface area contributed by atoms with Crippen molar-refractivity contribution < 1.29 is 4.79 Å². The van der Waals surface area contributed by atoms with Gasteiger partial charge in [-0.1, -0.05) is 20.3 Å². The molecule has 15 heavy (non-hydrogen) atoms. The first kappa shape index (κ1) is 12.5. The summed E-state index contributed by atoms with van der Waals surface area (Å²) in [7, 11) is 0. The van der Waals surface area contributed by atoms with Gasteiger partial charge in [0.2, 0.25) is 5.91 Å². The molecule has 0 saturated heterocycles. The average Bonchev–Trinajstić information content (AvgIpc) is 2.10. The molecule has 0 spiro atoms. The Labute approximate surface area is 92.8 Å². The Morgan fingerprint density at radius 1 is 1.47 bits per heavy atom. The van der Waals surface area contributed by atoms with Gasteiger partial charge in [0.25, 0.3) is 0 Å². The van der Waals surface area contributed by atoms with E-state index in [1.54, 1.807) is 0 Å². The summed E-state index contributed by atoms with van der Waals surface area (Å²) >= 11 is 0. The van der Waals surface area contributed by atoms with E-state index in [1.165, 1.54) is 19.3 Å². The summed E-state index contributed by atoms with van der Waals surface area (Å²) in [5.41, 5.74) is 5.53. The lowest BCUT2D eigenvalue weighted by Gasteiger charge is -2.27. The van der Waals surface area contributed by atoms with E-state index in [-0.39, 0.29) is 11.9 Å². The number of hydrogen-bond donors (Lipinski definition) is 2. The quantitative estimate of drug-likeness (QED) is 0.703. The van der Waals surface area contributed by atoms with Crippen LogP contribution >= 0.6 is 0 Å². The Hall–Kier alpha value is -0.570. The summed E-state index contributed by atoms with van der Waals surface area (Å²) < 4.78 is 0. The van der Waals surface area contributed by atoms with Crippen LogP contribution in [0.5, 0.6) is 0 Å². The topological polar surface area (TPSA) is 55.1 Å². The van der Waals surface area contributed by atoms with Crippen LogP contribution in [0, 0.1) is 11.8 Å². The maximum atomic E-state index is 11.7. The number of carbonyl (C=O) groups excluding carboxylic acids is 1. The van der Waals surface area contributed by atoms with Crippen LogP contribution in [0.25, 0.3) is 0 Å². The SMILES string of the molecule is CC(C)C(CCN)NC(=O)CC1CCC1. The minimum atomic E-state index is 0.215. The number of nitrogens with two attached hydrogens (primary N) is 1. The molecule has 88 valence electrons. The zero-order chi connectivity index (χ0) is 11.3. The molecule has 1 amide bonds. The van der Waals surface area contributed by atoms with Gasteiger partial charge < -0.3 is 11.1 Å². The van der Waals surface area contributed by atoms with Crippen molar-refractivity contribution in [2.45, 2.75) is 52.0 Å². The van der Waals surface area contributed by atoms with Gasteiger partial charge in [0.15, 0.2) is 0 Å². The second-order valence-electron chi connectivity index (χ2n) is 5.00. The van der Waals surface area contributed by atoms with Crippen LogP contribution in [0.2, 0.25) is 0 Å². The Morgan fingerprint density at radius 2 is 2.13 bits per heavy atom. The highest BCUT2D eigenvalue weighted by molar-refractivity contribution is 5.76. The highest BCUT2D eigenvalue weighted by Crippen LogP contribution is 2.29. The largest absolute Gasteiger partial charge is 0.353 e. The van der Waals surface area contributed by atoms with Crippen LogP contribution in [0.15, 0.2) is 0 Å². The van der Waals surface area contributed by atoms with E-state index in [0.29, 0.717) is 24.8 Å². The third-order valence-electron chi connectivity index (χ3n) is 3.33. The Kier molecular flexibility index (Phi) is 5.09. The lowest BCUT2D eigenvalue weighted by molar-refractivity contribution is -0.123. The van der Waals surface area contributed by atoms with Crippen molar-refractivity contribution in [3.63, 3.8) is 0 Å². The van der Waals surface area contributed by atoms with Gasteiger partial charge >= 0.3 is 0 Å². The molecule has 0 bridgehead atoms. The standard InChI is InChI=1S/C12H24N2O/c1-9(2)11(6-7-13)14-12(15)8-10-4-3-5-10/h9-11H,3-8,13H2,1-2H3,(H,14,15). The van der Waals surface area contributed by atoms with Gasteiger partial charge in [0.05, 0.1) is 0 Å². The number of hydrogen-bond acceptors (Lipinski definition) is 2. The molecule has 0 aromatic heterocycles. The van der Waals surface area contributed by atoms with E-state index in [9.17, 15) is 4.79 Å². The van der Waals surface area contributed by atoms with Crippen LogP contribution in [0.4, 0.5) is 0 Å². The first-order valence-electron chi connectivity index (χ1n) is 6.13. The summed E-state index contributed by atoms with van der Waals surface area (Å²) in [6.45, 7) is 4.90. The van der Waals surface area contributed by atoms with Gasteiger partial charge in [-0.05, 0) is 37.6 Å². The molecule has 3 nitrogen and oxygen atoms in total. The van der Waals surface area contributed by atoms with Gasteiger partial charge in [-0.25, -0.2) is 0 Å². The first-order chi connectivity index (χ1) is 7.13. The van der Waals surface area contributed by atoms with Crippen LogP contribution in [-0.2, 0) is 4.79 Å². The van der Waals surface area contributed by atoms with Crippen molar-refractivity contribution in [1.82, 2.24) is 5.32 Å². The van der Waals surface area contributed by atoms with Crippen molar-refractivity contribution >= 4 is 5.91 Å². The Bertz CT molecular complexity index is 200. The molecule has 0 aromatic rings. The molecule has 1 saturated carbocycles. The normalized spacial score (nSPS) is 18.7. The number of rotatable bonds is 6. The third-order valence-corrected chi connectivity index (χ3v) is 3.33. The molecule has 1 atom stereocenters. The monoisotopic (exact) mass is 212 g/mol. The van der Waals surface area contributed by atoms with Gasteiger partial charge in [-0.15, -0.1) is 0 Å². The minimum absolute atomic E-state index is 0.215. The van der Waals surface area contributed by atoms with Gasteiger partial charge in [0.1, 0.15) is 0 Å². The van der Waals surface area contributed by atoms with Crippen LogP contribution < -0.4 is 11.1 Å². The molecule has 3 N–H and O–H groups in total. The van der Waals surface area contributed by atoms with Crippen molar-refractivity contribution in [3.8, 4) is 0 Å². The minimum Gasteiger partial charge on any atom is -0.353 e. The fourth-order valence-electron chi connectivity index (χ4n) is 1.98. The fraction of sp³-hybridized carbons (Fsp3) is 0.917. The highest BCUT2D eigenvalue weighted by atomic mass is 16.1. The molecular weight excluding hydrogens is 188 g/mol. The maximum Gasteiger partial charge on any atom is 0.220 e. The number of amides is 1. The molecule has 1 unspecified atom stereocenters. The molecule has 1 aliphatic carbocycles. The summed E-state index contributed by atoms with van der Waals surface area (Å²) in [6.07, 6.45) is 5.36. The van der Waals surface area contributed by atoms with Gasteiger partial charge in [0, 0.05) is 12.5 Å². The Morgan fingerprint density at radius 3 is 2.53 bits per heavy atom. The van der Waals surface area contributed by atoms with E-state index >= 15 is 0 Å². The predicted octanol–water partition coefficient (Wildman–Crippen LogP) is 1.67. The molecule has 1 rings (SSSR count). The smallest absolute Gasteiger partial charge is 0.220 e. The van der Waals surface area contributed by atoms with Crippen molar-refractivity contribution in [1.29, 1.82) is 0 Å². The summed E-state index contributed by atoms with van der Waals surface area (Å²) in [4.78, 5) is 11.7. The summed E-state index contributed by atoms with van der Waals surface area (Å²) in [5, 5.41) is 3.10. The van der Waals surface area contributed by atoms with Crippen molar-refractivity contribution in [3.05, 3.63) is 0 Å².